The zero-order chi connectivity index (χ0) is 17.6. The van der Waals surface area contributed by atoms with Crippen LogP contribution in [0.4, 0.5) is 10.1 Å². The molecule has 0 radical (unpaired) electrons. The van der Waals surface area contributed by atoms with Crippen molar-refractivity contribution in [3.63, 3.8) is 0 Å². The van der Waals surface area contributed by atoms with Crippen LogP contribution in [-0.4, -0.2) is 38.6 Å². The summed E-state index contributed by atoms with van der Waals surface area (Å²) in [6, 6.07) is 14.2. The Bertz CT molecular complexity index is 715. The highest BCUT2D eigenvalue weighted by Crippen LogP contribution is 2.14. The van der Waals surface area contributed by atoms with Crippen LogP contribution < -0.4 is 15.1 Å². The van der Waals surface area contributed by atoms with Crippen LogP contribution in [0.2, 0.25) is 0 Å². The summed E-state index contributed by atoms with van der Waals surface area (Å²) in [5, 5.41) is 2.84. The Labute approximate surface area is 155 Å². The van der Waals surface area contributed by atoms with E-state index in [2.05, 4.69) is 39.4 Å². The highest BCUT2D eigenvalue weighted by molar-refractivity contribution is 9.10. The fourth-order valence-electron chi connectivity index (χ4n) is 3.19. The Morgan fingerprint density at radius 2 is 1.64 bits per heavy atom. The van der Waals surface area contributed by atoms with Gasteiger partial charge in [-0.15, -0.1) is 0 Å². The minimum Gasteiger partial charge on any atom is -0.322 e. The van der Waals surface area contributed by atoms with Crippen LogP contribution in [0.15, 0.2) is 53.0 Å². The number of piperazine rings is 1. The number of halogens is 2. The molecule has 6 heteroatoms. The first-order chi connectivity index (χ1) is 12.1. The van der Waals surface area contributed by atoms with Crippen LogP contribution in [0.3, 0.4) is 0 Å². The van der Waals surface area contributed by atoms with Crippen LogP contribution in [0.1, 0.15) is 5.56 Å². The van der Waals surface area contributed by atoms with E-state index in [-0.39, 0.29) is 11.7 Å². The van der Waals surface area contributed by atoms with E-state index in [0.717, 1.165) is 37.2 Å². The van der Waals surface area contributed by atoms with Gasteiger partial charge in [0.05, 0.1) is 0 Å². The average molecular weight is 408 g/mol. The molecule has 25 heavy (non-hydrogen) atoms. The Balaban J connectivity index is 1.43. The van der Waals surface area contributed by atoms with Crippen molar-refractivity contribution in [2.45, 2.75) is 6.54 Å². The summed E-state index contributed by atoms with van der Waals surface area (Å²) in [4.78, 5) is 15.0. The lowest BCUT2D eigenvalue weighted by molar-refractivity contribution is -1.02. The van der Waals surface area contributed by atoms with E-state index in [1.54, 1.807) is 17.0 Å². The summed E-state index contributed by atoms with van der Waals surface area (Å²) in [6.07, 6.45) is 0. The summed E-state index contributed by atoms with van der Waals surface area (Å²) < 4.78 is 14.1. The van der Waals surface area contributed by atoms with Crippen LogP contribution >= 0.6 is 15.9 Å². The van der Waals surface area contributed by atoms with Crippen molar-refractivity contribution in [3.05, 3.63) is 64.4 Å². The topological polar surface area (TPSA) is 38.0 Å². The smallest absolute Gasteiger partial charge is 0.279 e. The molecule has 1 amide bonds. The second-order valence-corrected chi connectivity index (χ2v) is 7.35. The molecule has 0 aliphatic carbocycles. The summed E-state index contributed by atoms with van der Waals surface area (Å²) in [5.41, 5.74) is 1.97. The van der Waals surface area contributed by atoms with Gasteiger partial charge < -0.3 is 15.1 Å². The van der Waals surface area contributed by atoms with Crippen molar-refractivity contribution in [3.8, 4) is 0 Å². The Kier molecular flexibility index (Phi) is 6.18. The molecule has 4 nitrogen and oxygen atoms in total. The van der Waals surface area contributed by atoms with Gasteiger partial charge in [-0.2, -0.15) is 0 Å². The molecule has 1 fully saturated rings. The molecule has 2 aromatic rings. The fourth-order valence-corrected chi connectivity index (χ4v) is 3.61. The van der Waals surface area contributed by atoms with Crippen molar-refractivity contribution in [1.29, 1.82) is 0 Å². The average Bonchev–Trinajstić information content (AvgIpc) is 2.61. The van der Waals surface area contributed by atoms with E-state index < -0.39 is 0 Å². The van der Waals surface area contributed by atoms with Crippen LogP contribution in [0.5, 0.6) is 0 Å². The number of amides is 1. The molecule has 3 rings (SSSR count). The molecule has 1 saturated heterocycles. The number of quaternary nitrogens is 2. The van der Waals surface area contributed by atoms with E-state index in [1.807, 2.05) is 6.07 Å². The van der Waals surface area contributed by atoms with Gasteiger partial charge in [0.15, 0.2) is 6.54 Å². The van der Waals surface area contributed by atoms with Crippen molar-refractivity contribution in [2.24, 2.45) is 0 Å². The second-order valence-electron chi connectivity index (χ2n) is 6.50. The zero-order valence-corrected chi connectivity index (χ0v) is 15.6. The highest BCUT2D eigenvalue weighted by atomic mass is 79.9. The van der Waals surface area contributed by atoms with Crippen LogP contribution in [0, 0.1) is 5.82 Å². The molecule has 3 N–H and O–H groups in total. The van der Waals surface area contributed by atoms with Gasteiger partial charge in [-0.3, -0.25) is 4.79 Å². The standard InChI is InChI=1S/C19H21BrFN3O/c20-18-4-2-1-3-15(18)13-23-9-11-24(12-10-23)14-19(25)22-17-7-5-16(21)6-8-17/h1-8H,9-14H2,(H,22,25)/p+2. The maximum absolute atomic E-state index is 12.9. The lowest BCUT2D eigenvalue weighted by atomic mass is 10.2. The number of carbonyl (C=O) groups excluding carboxylic acids is 1. The molecule has 1 aliphatic heterocycles. The Morgan fingerprint density at radius 1 is 1.00 bits per heavy atom. The van der Waals surface area contributed by atoms with E-state index in [4.69, 9.17) is 0 Å². The largest absolute Gasteiger partial charge is 0.322 e. The van der Waals surface area contributed by atoms with Crippen LogP contribution in [0.25, 0.3) is 0 Å². The third kappa shape index (κ3) is 5.36. The molecule has 2 aromatic carbocycles. The third-order valence-corrected chi connectivity index (χ3v) is 5.37. The van der Waals surface area contributed by atoms with E-state index in [1.165, 1.54) is 22.6 Å². The number of nitrogens with one attached hydrogen (secondary N) is 3. The fraction of sp³-hybridized carbons (Fsp3) is 0.316. The summed E-state index contributed by atoms with van der Waals surface area (Å²) in [5.74, 6) is -0.316. The van der Waals surface area contributed by atoms with Crippen molar-refractivity contribution >= 4 is 27.5 Å². The SMILES string of the molecule is O=C(C[NH+]1CC[NH+](Cc2ccccc2Br)CC1)Nc1ccc(F)cc1. The molecular formula is C19H23BrFN3O+2. The molecule has 132 valence electrons. The van der Waals surface area contributed by atoms with Gasteiger partial charge >= 0.3 is 0 Å². The normalized spacial score (nSPS) is 20.2. The first-order valence-corrected chi connectivity index (χ1v) is 9.35. The first-order valence-electron chi connectivity index (χ1n) is 8.56. The van der Waals surface area contributed by atoms with Gasteiger partial charge in [-0.1, -0.05) is 34.1 Å². The van der Waals surface area contributed by atoms with E-state index in [9.17, 15) is 9.18 Å². The number of benzene rings is 2. The molecule has 0 aromatic heterocycles. The van der Waals surface area contributed by atoms with Crippen molar-refractivity contribution < 1.29 is 19.0 Å². The van der Waals surface area contributed by atoms with E-state index in [0.29, 0.717) is 12.2 Å². The molecule has 1 heterocycles. The lowest BCUT2D eigenvalue weighted by Gasteiger charge is -2.29. The lowest BCUT2D eigenvalue weighted by Crippen LogP contribution is -3.28. The Morgan fingerprint density at radius 3 is 2.32 bits per heavy atom. The molecular weight excluding hydrogens is 385 g/mol. The maximum atomic E-state index is 12.9. The summed E-state index contributed by atoms with van der Waals surface area (Å²) in [7, 11) is 0. The quantitative estimate of drug-likeness (QED) is 0.663. The van der Waals surface area contributed by atoms with E-state index >= 15 is 0 Å². The zero-order valence-electron chi connectivity index (χ0n) is 14.0. The number of rotatable bonds is 5. The monoisotopic (exact) mass is 407 g/mol. The number of hydrogen-bond acceptors (Lipinski definition) is 1. The van der Waals surface area contributed by atoms with Gasteiger partial charge in [0.25, 0.3) is 5.91 Å². The minimum absolute atomic E-state index is 0.0177. The summed E-state index contributed by atoms with van der Waals surface area (Å²) in [6.45, 7) is 5.55. The molecule has 0 saturated carbocycles. The number of hydrogen-bond donors (Lipinski definition) is 3. The van der Waals surface area contributed by atoms with Gasteiger partial charge in [0.2, 0.25) is 0 Å². The number of anilines is 1. The first kappa shape index (κ1) is 18.0. The molecule has 1 aliphatic rings. The Hall–Kier alpha value is -1.76. The highest BCUT2D eigenvalue weighted by Gasteiger charge is 2.25. The van der Waals surface area contributed by atoms with Gasteiger partial charge in [0, 0.05) is 15.7 Å². The van der Waals surface area contributed by atoms with Gasteiger partial charge in [-0.05, 0) is 30.3 Å². The van der Waals surface area contributed by atoms with Crippen molar-refractivity contribution in [1.82, 2.24) is 0 Å². The molecule has 0 unspecified atom stereocenters. The maximum Gasteiger partial charge on any atom is 0.279 e. The predicted molar refractivity (Wildman–Crippen MR) is 99.1 cm³/mol. The van der Waals surface area contributed by atoms with Crippen LogP contribution in [-0.2, 0) is 11.3 Å². The van der Waals surface area contributed by atoms with Crippen molar-refractivity contribution in [2.75, 3.05) is 38.0 Å². The minimum atomic E-state index is -0.298. The number of carbonyl (C=O) groups is 1. The predicted octanol–water partition coefficient (Wildman–Crippen LogP) is 0.510. The third-order valence-electron chi connectivity index (χ3n) is 4.60. The second kappa shape index (κ2) is 8.56. The van der Waals surface area contributed by atoms with Gasteiger partial charge in [-0.25, -0.2) is 4.39 Å². The molecule has 0 spiro atoms. The molecule has 0 bridgehead atoms. The molecule has 0 atom stereocenters. The van der Waals surface area contributed by atoms with Gasteiger partial charge in [0.1, 0.15) is 38.5 Å². The summed E-state index contributed by atoms with van der Waals surface area (Å²) >= 11 is 3.61.